The molecule has 2 N–H and O–H groups in total. The average molecular weight is 326 g/mol. The number of anilines is 1. The Kier molecular flexibility index (Phi) is 3.41. The van der Waals surface area contributed by atoms with Gasteiger partial charge in [-0.05, 0) is 30.7 Å². The highest BCUT2D eigenvalue weighted by Crippen LogP contribution is 2.35. The van der Waals surface area contributed by atoms with Gasteiger partial charge in [0.05, 0.1) is 18.7 Å². The summed E-state index contributed by atoms with van der Waals surface area (Å²) in [5, 5.41) is 10.6. The van der Waals surface area contributed by atoms with Crippen molar-refractivity contribution in [2.24, 2.45) is 5.92 Å². The number of carbonyl (C=O) groups is 1. The molecule has 6 nitrogen and oxygen atoms in total. The van der Waals surface area contributed by atoms with Crippen LogP contribution in [0.3, 0.4) is 0 Å². The largest absolute Gasteiger partial charge is 0.496 e. The SMILES string of the molecule is COc1ccccc1-c1[nH]nc2nc(NC(=O)C3CC3F)ccc12. The molecule has 122 valence electrons. The summed E-state index contributed by atoms with van der Waals surface area (Å²) in [5.41, 5.74) is 2.14. The third-order valence-corrected chi connectivity index (χ3v) is 4.09. The summed E-state index contributed by atoms with van der Waals surface area (Å²) in [7, 11) is 1.61. The van der Waals surface area contributed by atoms with Crippen molar-refractivity contribution in [2.45, 2.75) is 12.6 Å². The summed E-state index contributed by atoms with van der Waals surface area (Å²) in [4.78, 5) is 16.1. The van der Waals surface area contributed by atoms with Gasteiger partial charge >= 0.3 is 0 Å². The lowest BCUT2D eigenvalue weighted by Crippen LogP contribution is -2.15. The Balaban J connectivity index is 1.67. The Morgan fingerprint density at radius 2 is 2.12 bits per heavy atom. The fourth-order valence-electron chi connectivity index (χ4n) is 2.68. The van der Waals surface area contributed by atoms with Crippen molar-refractivity contribution >= 4 is 22.8 Å². The predicted molar refractivity (Wildman–Crippen MR) is 87.5 cm³/mol. The molecule has 0 bridgehead atoms. The van der Waals surface area contributed by atoms with E-state index in [1.165, 1.54) is 0 Å². The Bertz CT molecular complexity index is 924. The topological polar surface area (TPSA) is 79.9 Å². The zero-order valence-electron chi connectivity index (χ0n) is 12.9. The fourth-order valence-corrected chi connectivity index (χ4v) is 2.68. The molecule has 1 amide bonds. The number of carbonyl (C=O) groups excluding carboxylic acids is 1. The number of amides is 1. The third kappa shape index (κ3) is 2.47. The monoisotopic (exact) mass is 326 g/mol. The summed E-state index contributed by atoms with van der Waals surface area (Å²) in [6.45, 7) is 0. The van der Waals surface area contributed by atoms with Crippen LogP contribution >= 0.6 is 0 Å². The van der Waals surface area contributed by atoms with E-state index in [4.69, 9.17) is 4.74 Å². The van der Waals surface area contributed by atoms with E-state index in [0.717, 1.165) is 22.4 Å². The summed E-state index contributed by atoms with van der Waals surface area (Å²) >= 11 is 0. The molecule has 1 aromatic carbocycles. The van der Waals surface area contributed by atoms with E-state index in [-0.39, 0.29) is 12.3 Å². The van der Waals surface area contributed by atoms with Crippen LogP contribution in [0, 0.1) is 5.92 Å². The molecule has 1 aliphatic carbocycles. The molecule has 0 saturated heterocycles. The van der Waals surface area contributed by atoms with Gasteiger partial charge in [-0.25, -0.2) is 9.37 Å². The maximum absolute atomic E-state index is 12.9. The van der Waals surface area contributed by atoms with Gasteiger partial charge in [0.25, 0.3) is 0 Å². The van der Waals surface area contributed by atoms with Crippen LogP contribution in [0.5, 0.6) is 5.75 Å². The van der Waals surface area contributed by atoms with Gasteiger partial charge in [-0.2, -0.15) is 5.10 Å². The van der Waals surface area contributed by atoms with Crippen LogP contribution in [-0.4, -0.2) is 34.4 Å². The van der Waals surface area contributed by atoms with E-state index in [1.807, 2.05) is 30.3 Å². The highest BCUT2D eigenvalue weighted by atomic mass is 19.1. The second-order valence-corrected chi connectivity index (χ2v) is 5.71. The summed E-state index contributed by atoms with van der Waals surface area (Å²) in [6.07, 6.45) is -0.745. The predicted octanol–water partition coefficient (Wildman–Crippen LogP) is 2.93. The Labute approximate surface area is 137 Å². The van der Waals surface area contributed by atoms with Gasteiger partial charge in [-0.15, -0.1) is 0 Å². The first-order chi connectivity index (χ1) is 11.7. The molecule has 1 fully saturated rings. The Morgan fingerprint density at radius 3 is 2.88 bits per heavy atom. The van der Waals surface area contributed by atoms with E-state index < -0.39 is 12.1 Å². The maximum atomic E-state index is 12.9. The van der Waals surface area contributed by atoms with Gasteiger partial charge in [0, 0.05) is 10.9 Å². The van der Waals surface area contributed by atoms with Crippen molar-refractivity contribution in [3.8, 4) is 17.0 Å². The molecule has 2 atom stereocenters. The lowest BCUT2D eigenvalue weighted by atomic mass is 10.1. The molecule has 3 aromatic rings. The third-order valence-electron chi connectivity index (χ3n) is 4.09. The Morgan fingerprint density at radius 1 is 1.33 bits per heavy atom. The quantitative estimate of drug-likeness (QED) is 0.772. The van der Waals surface area contributed by atoms with Crippen LogP contribution in [0.25, 0.3) is 22.3 Å². The first kappa shape index (κ1) is 14.6. The number of fused-ring (bicyclic) bond motifs is 1. The molecule has 4 rings (SSSR count). The number of halogens is 1. The molecule has 2 heterocycles. The van der Waals surface area contributed by atoms with E-state index in [0.29, 0.717) is 11.5 Å². The van der Waals surface area contributed by atoms with Gasteiger partial charge in [0.1, 0.15) is 17.7 Å². The number of nitrogens with zero attached hydrogens (tertiary/aromatic N) is 2. The molecule has 24 heavy (non-hydrogen) atoms. The zero-order chi connectivity index (χ0) is 16.7. The minimum absolute atomic E-state index is 0.286. The van der Waals surface area contributed by atoms with Crippen molar-refractivity contribution in [2.75, 3.05) is 12.4 Å². The summed E-state index contributed by atoms with van der Waals surface area (Å²) < 4.78 is 18.3. The number of methoxy groups -OCH3 is 1. The highest BCUT2D eigenvalue weighted by molar-refractivity contribution is 5.97. The van der Waals surface area contributed by atoms with Crippen LogP contribution in [0.4, 0.5) is 10.2 Å². The van der Waals surface area contributed by atoms with Crippen molar-refractivity contribution in [1.29, 1.82) is 0 Å². The van der Waals surface area contributed by atoms with Crippen molar-refractivity contribution in [3.63, 3.8) is 0 Å². The fraction of sp³-hybridized carbons (Fsp3) is 0.235. The van der Waals surface area contributed by atoms with E-state index in [1.54, 1.807) is 13.2 Å². The number of pyridine rings is 1. The average Bonchev–Trinajstić information content (AvgIpc) is 3.19. The number of benzene rings is 1. The van der Waals surface area contributed by atoms with Gasteiger partial charge in [0.15, 0.2) is 5.65 Å². The molecule has 2 unspecified atom stereocenters. The molecule has 7 heteroatoms. The number of nitrogens with one attached hydrogen (secondary N) is 2. The molecule has 0 radical (unpaired) electrons. The molecular weight excluding hydrogens is 311 g/mol. The van der Waals surface area contributed by atoms with Crippen LogP contribution in [0.2, 0.25) is 0 Å². The van der Waals surface area contributed by atoms with Crippen LogP contribution in [0.15, 0.2) is 36.4 Å². The zero-order valence-corrected chi connectivity index (χ0v) is 12.9. The van der Waals surface area contributed by atoms with E-state index in [2.05, 4.69) is 20.5 Å². The standard InChI is InChI=1S/C17H15FN4O2/c1-24-13-5-3-2-4-9(13)15-10-6-7-14(19-16(10)22-21-15)20-17(23)11-8-12(11)18/h2-7,11-12H,8H2,1H3,(H2,19,20,21,22,23). The number of alkyl halides is 1. The van der Waals surface area contributed by atoms with Crippen molar-refractivity contribution < 1.29 is 13.9 Å². The molecule has 0 spiro atoms. The Hall–Kier alpha value is -2.96. The molecule has 2 aromatic heterocycles. The van der Waals surface area contributed by atoms with Crippen molar-refractivity contribution in [1.82, 2.24) is 15.2 Å². The highest BCUT2D eigenvalue weighted by Gasteiger charge is 2.43. The molecular formula is C17H15FN4O2. The van der Waals surface area contributed by atoms with Gasteiger partial charge in [0.2, 0.25) is 5.91 Å². The summed E-state index contributed by atoms with van der Waals surface area (Å²) in [6, 6.07) is 11.1. The van der Waals surface area contributed by atoms with Crippen molar-refractivity contribution in [3.05, 3.63) is 36.4 Å². The number of hydrogen-bond acceptors (Lipinski definition) is 4. The lowest BCUT2D eigenvalue weighted by molar-refractivity contribution is -0.117. The first-order valence-corrected chi connectivity index (χ1v) is 7.61. The molecule has 1 aliphatic rings. The number of para-hydroxylation sites is 1. The van der Waals surface area contributed by atoms with Crippen LogP contribution in [0.1, 0.15) is 6.42 Å². The number of hydrogen-bond donors (Lipinski definition) is 2. The maximum Gasteiger partial charge on any atom is 0.231 e. The second kappa shape index (κ2) is 5.59. The first-order valence-electron chi connectivity index (χ1n) is 7.61. The number of ether oxygens (including phenoxy) is 1. The normalized spacial score (nSPS) is 19.2. The van der Waals surface area contributed by atoms with Crippen LogP contribution < -0.4 is 10.1 Å². The van der Waals surface area contributed by atoms with E-state index in [9.17, 15) is 9.18 Å². The molecule has 0 aliphatic heterocycles. The van der Waals surface area contributed by atoms with Gasteiger partial charge in [-0.3, -0.25) is 9.89 Å². The molecule has 1 saturated carbocycles. The summed E-state index contributed by atoms with van der Waals surface area (Å²) in [5.74, 6) is 0.202. The number of aromatic nitrogens is 3. The number of H-pyrrole nitrogens is 1. The van der Waals surface area contributed by atoms with Crippen LogP contribution in [-0.2, 0) is 4.79 Å². The second-order valence-electron chi connectivity index (χ2n) is 5.71. The number of aromatic amines is 1. The number of rotatable bonds is 4. The minimum atomic E-state index is -1.03. The smallest absolute Gasteiger partial charge is 0.231 e. The minimum Gasteiger partial charge on any atom is -0.496 e. The van der Waals surface area contributed by atoms with Gasteiger partial charge in [-0.1, -0.05) is 12.1 Å². The lowest BCUT2D eigenvalue weighted by Gasteiger charge is -2.06. The van der Waals surface area contributed by atoms with E-state index >= 15 is 0 Å². The van der Waals surface area contributed by atoms with Gasteiger partial charge < -0.3 is 10.1 Å².